The van der Waals surface area contributed by atoms with Gasteiger partial charge in [0, 0.05) is 5.92 Å². The van der Waals surface area contributed by atoms with E-state index in [1.807, 2.05) is 0 Å². The molecule has 22 heterocycles. The molecule has 22 saturated heterocycles. The van der Waals surface area contributed by atoms with Gasteiger partial charge in [-0.15, -0.1) is 0 Å². The van der Waals surface area contributed by atoms with Crippen molar-refractivity contribution in [1.82, 2.24) is 0 Å². The third kappa shape index (κ3) is 10.0. The number of hydrogen-bond acceptors (Lipinski definition) is 29. The summed E-state index contributed by atoms with van der Waals surface area (Å²) in [4.78, 5) is 0. The van der Waals surface area contributed by atoms with Gasteiger partial charge in [-0.3, -0.25) is 0 Å². The normalized spacial score (nSPS) is 55.4. The van der Waals surface area contributed by atoms with Gasteiger partial charge in [-0.05, 0) is 6.42 Å². The van der Waals surface area contributed by atoms with E-state index in [0.29, 0.717) is 0 Å². The summed E-state index contributed by atoms with van der Waals surface area (Å²) >= 11 is 0. The largest absolute Gasteiger partial charge is 0.394 e. The van der Waals surface area contributed by atoms with Crippen molar-refractivity contribution >= 4 is 0 Å². The molecule has 29 nitrogen and oxygen atoms in total. The third-order valence-corrected chi connectivity index (χ3v) is 13.2. The highest BCUT2D eigenvalue weighted by Crippen LogP contribution is 2.39. The summed E-state index contributed by atoms with van der Waals surface area (Å²) in [6.07, 6.45) is -55.0. The van der Waals surface area contributed by atoms with Crippen molar-refractivity contribution in [2.75, 3.05) is 39.6 Å². The van der Waals surface area contributed by atoms with Gasteiger partial charge in [-0.1, -0.05) is 0 Å². The van der Waals surface area contributed by atoms with Gasteiger partial charge in [0.2, 0.25) is 0 Å². The van der Waals surface area contributed by atoms with E-state index in [2.05, 4.69) is 0 Å². The zero-order valence-electron chi connectivity index (χ0n) is 34.8. The minimum Gasteiger partial charge on any atom is -0.394 e. The van der Waals surface area contributed by atoms with Crippen LogP contribution in [-0.2, 0) is 52.1 Å². The van der Waals surface area contributed by atoms with E-state index in [4.69, 9.17) is 52.1 Å². The molecule has 22 rings (SSSR count). The summed E-state index contributed by atoms with van der Waals surface area (Å²) in [5, 5.41) is 196. The lowest BCUT2D eigenvalue weighted by Crippen LogP contribution is -2.68. The highest BCUT2D eigenvalue weighted by atomic mass is 16.8. The van der Waals surface area contributed by atoms with Crippen LogP contribution in [0.5, 0.6) is 0 Å². The smallest absolute Gasteiger partial charge is 0.187 e. The van der Waals surface area contributed by atoms with Gasteiger partial charge in [-0.2, -0.15) is 0 Å². The second kappa shape index (κ2) is 22.1. The summed E-state index contributed by atoms with van der Waals surface area (Å²) in [6, 6.07) is 0. The Labute approximate surface area is 373 Å². The third-order valence-electron chi connectivity index (χ3n) is 13.2. The van der Waals surface area contributed by atoms with Gasteiger partial charge in [-0.25, -0.2) is 0 Å². The van der Waals surface area contributed by atoms with Crippen LogP contribution in [0.15, 0.2) is 0 Å². The molecule has 0 aromatic heterocycles. The Kier molecular flexibility index (Phi) is 17.6. The summed E-state index contributed by atoms with van der Waals surface area (Å²) in [6.45, 7) is -5.72. The Balaban J connectivity index is 1.19. The van der Waals surface area contributed by atoms with Crippen molar-refractivity contribution in [3.05, 3.63) is 0 Å². The molecule has 22 aliphatic heterocycles. The fourth-order valence-corrected chi connectivity index (χ4v) is 9.47. The Morgan fingerprint density at radius 2 is 0.470 bits per heavy atom. The average molecular weight is 971 g/mol. The van der Waals surface area contributed by atoms with Gasteiger partial charge < -0.3 is 144 Å². The van der Waals surface area contributed by atoms with E-state index in [1.54, 1.807) is 0 Å². The van der Waals surface area contributed by atoms with Crippen LogP contribution in [0.4, 0.5) is 0 Å². The molecule has 0 saturated carbocycles. The van der Waals surface area contributed by atoms with E-state index in [1.165, 1.54) is 0 Å². The SMILES string of the molecule is OCC1O[C@@H]2O[C@@H]3C(CO)O[C@H](O[C@@H]4C(CO)O[C@H](O[C@@H]5C(CO)O[C@H](O[C@@H]6C(CO)O[C@H](O[C@@H]7C(CO)O[C@H](CC1[C@H](O)C2O)C(O)[C@H]7O)C(O)[C@H]6O)C(O)[C@H]5O)C(O)[C@H]4O)C(O)[C@H]3O. The van der Waals surface area contributed by atoms with E-state index in [9.17, 15) is 91.9 Å². The van der Waals surface area contributed by atoms with Crippen molar-refractivity contribution in [2.24, 2.45) is 5.92 Å². The van der Waals surface area contributed by atoms with Crippen LogP contribution in [0.3, 0.4) is 0 Å². The second-order valence-corrected chi connectivity index (χ2v) is 17.3. The lowest BCUT2D eigenvalue weighted by molar-refractivity contribution is -0.396. The second-order valence-electron chi connectivity index (χ2n) is 17.3. The summed E-state index contributed by atoms with van der Waals surface area (Å²) in [7, 11) is 0. The Morgan fingerprint density at radius 1 is 0.242 bits per heavy atom. The van der Waals surface area contributed by atoms with Crippen LogP contribution in [0.25, 0.3) is 0 Å². The minimum atomic E-state index is -2.14. The molecular formula is C37H62O29. The lowest BCUT2D eigenvalue weighted by atomic mass is 9.81. The molecule has 66 heavy (non-hydrogen) atoms. The number of rotatable bonds is 6. The number of ether oxygens (including phenoxy) is 11. The molecule has 384 valence electrons. The Bertz CT molecular complexity index is 1230. The van der Waals surface area contributed by atoms with E-state index in [0.717, 1.165) is 0 Å². The first-order valence-electron chi connectivity index (χ1n) is 21.4. The van der Waals surface area contributed by atoms with Crippen molar-refractivity contribution < 1.29 is 144 Å². The van der Waals surface area contributed by atoms with Gasteiger partial charge in [0.05, 0.1) is 58.0 Å². The van der Waals surface area contributed by atoms with Crippen molar-refractivity contribution in [1.29, 1.82) is 0 Å². The molecule has 13 unspecified atom stereocenters. The molecule has 0 aliphatic carbocycles. The monoisotopic (exact) mass is 970 g/mol. The first-order valence-corrected chi connectivity index (χ1v) is 21.4. The maximum Gasteiger partial charge on any atom is 0.187 e. The molecule has 18 N–H and O–H groups in total. The minimum absolute atomic E-state index is 0.495. The molecule has 12 bridgehead atoms. The molecule has 0 spiro atoms. The zero-order chi connectivity index (χ0) is 48.0. The predicted octanol–water partition coefficient (Wildman–Crippen LogP) is -12.4. The first kappa shape index (κ1) is 52.7. The average Bonchev–Trinajstić information content (AvgIpc) is 3.31. The van der Waals surface area contributed by atoms with Crippen molar-refractivity contribution in [2.45, 2.75) is 184 Å². The van der Waals surface area contributed by atoms with Gasteiger partial charge >= 0.3 is 0 Å². The van der Waals surface area contributed by atoms with Crippen LogP contribution in [0.2, 0.25) is 0 Å². The summed E-state index contributed by atoms with van der Waals surface area (Å²) < 4.78 is 62.8. The molecule has 22 fully saturated rings. The highest BCUT2D eigenvalue weighted by molar-refractivity contribution is 5.02. The first-order chi connectivity index (χ1) is 31.4. The van der Waals surface area contributed by atoms with Crippen LogP contribution in [-0.4, -0.2) is 310 Å². The summed E-state index contributed by atoms with van der Waals surface area (Å²) in [5.41, 5.74) is 0. The lowest BCUT2D eigenvalue weighted by Gasteiger charge is -2.50. The molecule has 22 aliphatic rings. The van der Waals surface area contributed by atoms with Crippen LogP contribution >= 0.6 is 0 Å². The molecular weight excluding hydrogens is 908 g/mol. The van der Waals surface area contributed by atoms with E-state index in [-0.39, 0.29) is 0 Å². The number of hydrogen-bond donors (Lipinski definition) is 18. The topological polar surface area (TPSA) is 466 Å². The Hall–Kier alpha value is -1.16. The number of aliphatic hydroxyl groups excluding tert-OH is 18. The fourth-order valence-electron chi connectivity index (χ4n) is 9.47. The molecule has 0 aromatic carbocycles. The van der Waals surface area contributed by atoms with E-state index >= 15 is 0 Å². The summed E-state index contributed by atoms with van der Waals surface area (Å²) in [5.74, 6) is -1.32. The van der Waals surface area contributed by atoms with Crippen molar-refractivity contribution in [3.8, 4) is 0 Å². The zero-order valence-corrected chi connectivity index (χ0v) is 34.8. The molecule has 0 aromatic rings. The van der Waals surface area contributed by atoms with Gasteiger partial charge in [0.15, 0.2) is 31.5 Å². The van der Waals surface area contributed by atoms with Crippen LogP contribution < -0.4 is 0 Å². The maximum atomic E-state index is 11.3. The van der Waals surface area contributed by atoms with Crippen LogP contribution in [0, 0.1) is 5.92 Å². The van der Waals surface area contributed by atoms with Gasteiger partial charge in [0.1, 0.15) is 128 Å². The predicted molar refractivity (Wildman–Crippen MR) is 199 cm³/mol. The van der Waals surface area contributed by atoms with Crippen molar-refractivity contribution in [3.63, 3.8) is 0 Å². The van der Waals surface area contributed by atoms with Crippen LogP contribution in [0.1, 0.15) is 6.42 Å². The quantitative estimate of drug-likeness (QED) is 0.117. The fraction of sp³-hybridized carbons (Fsp3) is 1.00. The molecule has 0 radical (unpaired) electrons. The highest BCUT2D eigenvalue weighted by Gasteiger charge is 2.58. The molecule has 30 atom stereocenters. The maximum absolute atomic E-state index is 11.3. The van der Waals surface area contributed by atoms with Gasteiger partial charge in [0.25, 0.3) is 0 Å². The standard InChI is InChI=1S/C37H62O29/c38-2-10-8-1-9-17(45)18(46)28(11(3-39)56-9)62-34-24(52)20(48)30(13(5-41)58-34)64-36-26(54)22(50)32(15(7-43)60-36)66-37-27(55)21(49)31(14(6-42)61-37)65-35-25(53)19(47)29(12(4-40)59-35)63-33(57-10)23(51)16(8)44/h8-55H,1-7H2/t8?,9-,10?,11?,12?,13?,14?,15?,16+,17?,18-,19-,20-,21-,22-,23?,24?,25?,26?,27?,28-,29-,30-,31-,32-,33-,34-,35-,36-,37-/m1/s1. The number of aliphatic hydroxyl groups is 18. The van der Waals surface area contributed by atoms with E-state index < -0.39 is 230 Å². The molecule has 0 amide bonds. The molecule has 29 heteroatoms. The Morgan fingerprint density at radius 3 is 0.742 bits per heavy atom.